The maximum Gasteiger partial charge on any atom is 0.123 e. The normalized spacial score (nSPS) is 14.6. The minimum Gasteiger partial charge on any atom is -0.377 e. The van der Waals surface area contributed by atoms with Crippen LogP contribution in [0.15, 0.2) is 24.3 Å². The van der Waals surface area contributed by atoms with Crippen LogP contribution in [0.5, 0.6) is 0 Å². The van der Waals surface area contributed by atoms with E-state index in [0.29, 0.717) is 6.04 Å². The lowest BCUT2D eigenvalue weighted by atomic mass is 10.1. The molecule has 17 heavy (non-hydrogen) atoms. The number of halogens is 1. The molecule has 1 rings (SSSR count). The Bertz CT molecular complexity index is 313. The summed E-state index contributed by atoms with van der Waals surface area (Å²) in [6.07, 6.45) is 1.13. The van der Waals surface area contributed by atoms with Crippen molar-refractivity contribution in [3.63, 3.8) is 0 Å². The average Bonchev–Trinajstić information content (AvgIpc) is 2.30. The molecule has 0 amide bonds. The number of hydrogen-bond acceptors (Lipinski definition) is 2. The van der Waals surface area contributed by atoms with Crippen molar-refractivity contribution in [2.75, 3.05) is 13.2 Å². The predicted molar refractivity (Wildman–Crippen MR) is 68.7 cm³/mol. The van der Waals surface area contributed by atoms with E-state index < -0.39 is 0 Å². The first-order chi connectivity index (χ1) is 8.11. The lowest BCUT2D eigenvalue weighted by molar-refractivity contribution is 0.0743. The van der Waals surface area contributed by atoms with E-state index in [0.717, 1.165) is 25.1 Å². The molecule has 1 aromatic carbocycles. The Morgan fingerprint density at radius 1 is 1.24 bits per heavy atom. The van der Waals surface area contributed by atoms with Crippen LogP contribution in [0.3, 0.4) is 0 Å². The summed E-state index contributed by atoms with van der Waals surface area (Å²) < 4.78 is 18.2. The molecule has 1 aromatic rings. The summed E-state index contributed by atoms with van der Waals surface area (Å²) in [6, 6.07) is 7.04. The zero-order chi connectivity index (χ0) is 12.7. The fraction of sp³-hybridized carbons (Fsp3) is 0.571. The third kappa shape index (κ3) is 5.80. The van der Waals surface area contributed by atoms with Gasteiger partial charge in [0.05, 0.1) is 6.10 Å². The van der Waals surface area contributed by atoms with E-state index in [2.05, 4.69) is 19.2 Å². The molecule has 0 aliphatic heterocycles. The van der Waals surface area contributed by atoms with Crippen molar-refractivity contribution in [2.45, 2.75) is 39.3 Å². The highest BCUT2D eigenvalue weighted by Crippen LogP contribution is 2.05. The fourth-order valence-electron chi connectivity index (χ4n) is 1.76. The molecule has 2 unspecified atom stereocenters. The number of rotatable bonds is 7. The Morgan fingerprint density at radius 2 is 1.88 bits per heavy atom. The molecular formula is C14H22FNO. The monoisotopic (exact) mass is 239 g/mol. The van der Waals surface area contributed by atoms with E-state index >= 15 is 0 Å². The van der Waals surface area contributed by atoms with Crippen LogP contribution in [0.4, 0.5) is 4.39 Å². The molecule has 0 aromatic heterocycles. The Balaban J connectivity index is 2.29. The summed E-state index contributed by atoms with van der Waals surface area (Å²) in [4.78, 5) is 0. The maximum atomic E-state index is 12.7. The molecule has 1 N–H and O–H groups in total. The summed E-state index contributed by atoms with van der Waals surface area (Å²) in [5.41, 5.74) is 1.15. The van der Waals surface area contributed by atoms with Crippen molar-refractivity contribution in [3.8, 4) is 0 Å². The van der Waals surface area contributed by atoms with Crippen molar-refractivity contribution < 1.29 is 9.13 Å². The molecule has 2 nitrogen and oxygen atoms in total. The van der Waals surface area contributed by atoms with Crippen molar-refractivity contribution in [3.05, 3.63) is 35.6 Å². The van der Waals surface area contributed by atoms with Gasteiger partial charge in [-0.15, -0.1) is 0 Å². The van der Waals surface area contributed by atoms with E-state index in [9.17, 15) is 4.39 Å². The van der Waals surface area contributed by atoms with Gasteiger partial charge >= 0.3 is 0 Å². The zero-order valence-electron chi connectivity index (χ0n) is 10.9. The lowest BCUT2D eigenvalue weighted by Crippen LogP contribution is -2.35. The largest absolute Gasteiger partial charge is 0.377 e. The minimum atomic E-state index is -0.181. The summed E-state index contributed by atoms with van der Waals surface area (Å²) >= 11 is 0. The third-order valence-electron chi connectivity index (χ3n) is 2.66. The molecule has 2 atom stereocenters. The Morgan fingerprint density at radius 3 is 2.47 bits per heavy atom. The smallest absolute Gasteiger partial charge is 0.123 e. The van der Waals surface area contributed by atoms with E-state index in [1.807, 2.05) is 19.1 Å². The van der Waals surface area contributed by atoms with Gasteiger partial charge in [0.15, 0.2) is 0 Å². The summed E-state index contributed by atoms with van der Waals surface area (Å²) in [6.45, 7) is 7.77. The number of benzene rings is 1. The molecule has 0 saturated carbocycles. The predicted octanol–water partition coefficient (Wildman–Crippen LogP) is 2.77. The highest BCUT2D eigenvalue weighted by molar-refractivity contribution is 5.16. The second-order valence-electron chi connectivity index (χ2n) is 4.41. The molecule has 0 bridgehead atoms. The number of ether oxygens (including phenoxy) is 1. The van der Waals surface area contributed by atoms with Crippen LogP contribution in [0.1, 0.15) is 26.3 Å². The summed E-state index contributed by atoms with van der Waals surface area (Å²) in [5.74, 6) is -0.181. The van der Waals surface area contributed by atoms with Crippen LogP contribution >= 0.6 is 0 Å². The molecule has 3 heteroatoms. The molecule has 96 valence electrons. The highest BCUT2D eigenvalue weighted by Gasteiger charge is 2.06. The second kappa shape index (κ2) is 7.41. The quantitative estimate of drug-likeness (QED) is 0.790. The van der Waals surface area contributed by atoms with E-state index in [1.165, 1.54) is 12.1 Å². The third-order valence-corrected chi connectivity index (χ3v) is 2.66. The Hall–Kier alpha value is -0.930. The fourth-order valence-corrected chi connectivity index (χ4v) is 1.76. The van der Waals surface area contributed by atoms with E-state index in [1.54, 1.807) is 0 Å². The second-order valence-corrected chi connectivity index (χ2v) is 4.41. The first-order valence-corrected chi connectivity index (χ1v) is 6.21. The Labute approximate surface area is 103 Å². The van der Waals surface area contributed by atoms with Crippen LogP contribution in [-0.4, -0.2) is 25.3 Å². The van der Waals surface area contributed by atoms with Gasteiger partial charge in [-0.2, -0.15) is 0 Å². The minimum absolute atomic E-state index is 0.181. The van der Waals surface area contributed by atoms with Gasteiger partial charge in [-0.1, -0.05) is 12.1 Å². The van der Waals surface area contributed by atoms with Crippen LogP contribution in [-0.2, 0) is 11.2 Å². The van der Waals surface area contributed by atoms with Gasteiger partial charge in [0.1, 0.15) is 5.82 Å². The lowest BCUT2D eigenvalue weighted by Gasteiger charge is -2.17. The first kappa shape index (κ1) is 14.1. The molecule has 0 aliphatic rings. The first-order valence-electron chi connectivity index (χ1n) is 6.21. The molecule has 0 spiro atoms. The molecule has 0 heterocycles. The van der Waals surface area contributed by atoms with Gasteiger partial charge in [-0.3, -0.25) is 0 Å². The molecule has 0 aliphatic carbocycles. The molecule has 0 radical (unpaired) electrons. The Kier molecular flexibility index (Phi) is 6.16. The van der Waals surface area contributed by atoms with Crippen LogP contribution in [0.25, 0.3) is 0 Å². The van der Waals surface area contributed by atoms with Gasteiger partial charge in [-0.25, -0.2) is 4.39 Å². The topological polar surface area (TPSA) is 21.3 Å². The number of nitrogens with one attached hydrogen (secondary N) is 1. The van der Waals surface area contributed by atoms with E-state index in [4.69, 9.17) is 4.74 Å². The van der Waals surface area contributed by atoms with E-state index in [-0.39, 0.29) is 11.9 Å². The van der Waals surface area contributed by atoms with Crippen LogP contribution in [0.2, 0.25) is 0 Å². The van der Waals surface area contributed by atoms with Gasteiger partial charge in [-0.05, 0) is 44.9 Å². The van der Waals surface area contributed by atoms with Gasteiger partial charge in [0, 0.05) is 19.2 Å². The van der Waals surface area contributed by atoms with Crippen molar-refractivity contribution in [1.82, 2.24) is 5.32 Å². The SMILES string of the molecule is CCOC(C)CNC(C)Cc1ccc(F)cc1. The standard InChI is InChI=1S/C14H22FNO/c1-4-17-12(3)10-16-11(2)9-13-5-7-14(15)8-6-13/h5-8,11-12,16H,4,9-10H2,1-3H3. The van der Waals surface area contributed by atoms with Gasteiger partial charge in [0.25, 0.3) is 0 Å². The molecule has 0 saturated heterocycles. The molecular weight excluding hydrogens is 217 g/mol. The van der Waals surface area contributed by atoms with Crippen LogP contribution < -0.4 is 5.32 Å². The van der Waals surface area contributed by atoms with Crippen LogP contribution in [0, 0.1) is 5.82 Å². The van der Waals surface area contributed by atoms with Gasteiger partial charge < -0.3 is 10.1 Å². The average molecular weight is 239 g/mol. The zero-order valence-corrected chi connectivity index (χ0v) is 10.9. The molecule has 0 fully saturated rings. The maximum absolute atomic E-state index is 12.7. The van der Waals surface area contributed by atoms with Gasteiger partial charge in [0.2, 0.25) is 0 Å². The van der Waals surface area contributed by atoms with Crippen molar-refractivity contribution >= 4 is 0 Å². The highest BCUT2D eigenvalue weighted by atomic mass is 19.1. The summed E-state index contributed by atoms with van der Waals surface area (Å²) in [5, 5.41) is 3.41. The van der Waals surface area contributed by atoms with Crippen molar-refractivity contribution in [1.29, 1.82) is 0 Å². The summed E-state index contributed by atoms with van der Waals surface area (Å²) in [7, 11) is 0. The number of hydrogen-bond donors (Lipinski definition) is 1. The van der Waals surface area contributed by atoms with Crippen molar-refractivity contribution in [2.24, 2.45) is 0 Å².